The summed E-state index contributed by atoms with van der Waals surface area (Å²) in [6.45, 7) is 4.03. The number of aromatic nitrogens is 2. The average molecular weight is 387 g/mol. The van der Waals surface area contributed by atoms with Gasteiger partial charge < -0.3 is 14.5 Å². The Kier molecular flexibility index (Phi) is 5.16. The topological polar surface area (TPSA) is 69.3 Å². The molecular weight excluding hydrogens is 366 g/mol. The van der Waals surface area contributed by atoms with Crippen molar-refractivity contribution in [3.63, 3.8) is 0 Å². The van der Waals surface area contributed by atoms with Crippen molar-refractivity contribution in [3.8, 4) is 11.4 Å². The Bertz CT molecular complexity index is 1110. The number of para-hydroxylation sites is 2. The molecule has 1 N–H and O–H groups in total. The molecule has 4 aromatic rings. The van der Waals surface area contributed by atoms with E-state index in [1.54, 1.807) is 6.07 Å². The van der Waals surface area contributed by atoms with E-state index in [0.717, 1.165) is 22.8 Å². The first-order valence-corrected chi connectivity index (χ1v) is 9.30. The average Bonchev–Trinajstić information content (AvgIpc) is 3.33. The maximum Gasteiger partial charge on any atom is 0.291 e. The number of ether oxygens (including phenoxy) is 1. The van der Waals surface area contributed by atoms with Gasteiger partial charge in [0.05, 0.1) is 29.0 Å². The first-order valence-electron chi connectivity index (χ1n) is 9.30. The summed E-state index contributed by atoms with van der Waals surface area (Å²) in [4.78, 5) is 12.9. The van der Waals surface area contributed by atoms with E-state index in [1.807, 2.05) is 79.2 Å². The molecule has 2 aromatic carbocycles. The number of hydrogen-bond donors (Lipinski definition) is 1. The van der Waals surface area contributed by atoms with E-state index in [4.69, 9.17) is 9.15 Å². The van der Waals surface area contributed by atoms with Crippen LogP contribution in [0.15, 0.2) is 77.4 Å². The molecule has 0 aliphatic rings. The minimum absolute atomic E-state index is 0.229. The van der Waals surface area contributed by atoms with E-state index < -0.39 is 0 Å². The number of carbonyl (C=O) groups excluding carboxylic acids is 1. The molecule has 0 aliphatic heterocycles. The van der Waals surface area contributed by atoms with Gasteiger partial charge in [0.25, 0.3) is 5.91 Å². The maximum atomic E-state index is 12.9. The number of carbonyl (C=O) groups is 1. The highest BCUT2D eigenvalue weighted by Gasteiger charge is 2.20. The van der Waals surface area contributed by atoms with Gasteiger partial charge in [-0.25, -0.2) is 4.68 Å². The highest BCUT2D eigenvalue weighted by molar-refractivity contribution is 6.03. The highest BCUT2D eigenvalue weighted by atomic mass is 16.5. The molecule has 0 unspecified atom stereocenters. The summed E-state index contributed by atoms with van der Waals surface area (Å²) >= 11 is 0. The molecule has 2 heterocycles. The van der Waals surface area contributed by atoms with Gasteiger partial charge in [0.15, 0.2) is 5.76 Å². The molecule has 0 saturated carbocycles. The van der Waals surface area contributed by atoms with Crippen molar-refractivity contribution >= 4 is 11.6 Å². The van der Waals surface area contributed by atoms with Crippen LogP contribution >= 0.6 is 0 Å². The van der Waals surface area contributed by atoms with E-state index in [-0.39, 0.29) is 18.3 Å². The molecule has 4 rings (SSSR count). The van der Waals surface area contributed by atoms with Gasteiger partial charge in [0.2, 0.25) is 0 Å². The van der Waals surface area contributed by atoms with E-state index in [2.05, 4.69) is 10.4 Å². The zero-order chi connectivity index (χ0) is 20.2. The van der Waals surface area contributed by atoms with E-state index in [1.165, 1.54) is 6.26 Å². The predicted octanol–water partition coefficient (Wildman–Crippen LogP) is 4.91. The van der Waals surface area contributed by atoms with Crippen LogP contribution in [-0.2, 0) is 6.61 Å². The second kappa shape index (κ2) is 8.06. The Balaban J connectivity index is 1.52. The monoisotopic (exact) mass is 387 g/mol. The van der Waals surface area contributed by atoms with Crippen molar-refractivity contribution in [3.05, 3.63) is 95.7 Å². The van der Waals surface area contributed by atoms with E-state index >= 15 is 0 Å². The van der Waals surface area contributed by atoms with Crippen LogP contribution in [0.2, 0.25) is 0 Å². The first-order chi connectivity index (χ1) is 14.1. The standard InChI is InChI=1S/C23H21N3O3/c1-16-21(17(2)26(25-16)19-9-5-3-6-10-19)24-23(27)22-18(13-14-28-22)15-29-20-11-7-4-8-12-20/h3-14H,15H2,1-2H3,(H,24,27). The van der Waals surface area contributed by atoms with E-state index in [0.29, 0.717) is 11.3 Å². The lowest BCUT2D eigenvalue weighted by Crippen LogP contribution is -2.15. The lowest BCUT2D eigenvalue weighted by atomic mass is 10.2. The largest absolute Gasteiger partial charge is 0.489 e. The molecule has 6 nitrogen and oxygen atoms in total. The van der Waals surface area contributed by atoms with Gasteiger partial charge in [-0.2, -0.15) is 5.10 Å². The molecule has 0 fully saturated rings. The van der Waals surface area contributed by atoms with Gasteiger partial charge in [-0.05, 0) is 44.2 Å². The summed E-state index contributed by atoms with van der Waals surface area (Å²) in [6.07, 6.45) is 1.49. The van der Waals surface area contributed by atoms with Gasteiger partial charge in [-0.1, -0.05) is 36.4 Å². The van der Waals surface area contributed by atoms with Crippen LogP contribution in [0.5, 0.6) is 5.75 Å². The van der Waals surface area contributed by atoms with Crippen LogP contribution in [0.4, 0.5) is 5.69 Å². The lowest BCUT2D eigenvalue weighted by molar-refractivity contribution is 0.0993. The molecule has 0 saturated heterocycles. The number of amides is 1. The number of rotatable bonds is 6. The molecule has 0 radical (unpaired) electrons. The summed E-state index contributed by atoms with van der Waals surface area (Å²) in [5.41, 5.74) is 3.86. The molecule has 146 valence electrons. The minimum Gasteiger partial charge on any atom is -0.489 e. The Morgan fingerprint density at radius 2 is 1.72 bits per heavy atom. The molecule has 0 spiro atoms. The number of benzene rings is 2. The summed E-state index contributed by atoms with van der Waals surface area (Å²) in [5.74, 6) is 0.628. The summed E-state index contributed by atoms with van der Waals surface area (Å²) in [5, 5.41) is 7.50. The Hall–Kier alpha value is -3.80. The van der Waals surface area contributed by atoms with Crippen molar-refractivity contribution in [2.75, 3.05) is 5.32 Å². The summed E-state index contributed by atoms with van der Waals surface area (Å²) in [6, 6.07) is 21.0. The van der Waals surface area contributed by atoms with E-state index in [9.17, 15) is 4.79 Å². The highest BCUT2D eigenvalue weighted by Crippen LogP contribution is 2.24. The molecule has 0 aliphatic carbocycles. The van der Waals surface area contributed by atoms with Gasteiger partial charge >= 0.3 is 0 Å². The smallest absolute Gasteiger partial charge is 0.291 e. The normalized spacial score (nSPS) is 10.7. The van der Waals surface area contributed by atoms with Crippen molar-refractivity contribution in [2.24, 2.45) is 0 Å². The van der Waals surface area contributed by atoms with Crippen molar-refractivity contribution in [1.29, 1.82) is 0 Å². The molecular formula is C23H21N3O3. The molecule has 0 bridgehead atoms. The van der Waals surface area contributed by atoms with Crippen LogP contribution in [0, 0.1) is 13.8 Å². The van der Waals surface area contributed by atoms with Gasteiger partial charge in [-0.3, -0.25) is 4.79 Å². The van der Waals surface area contributed by atoms with Gasteiger partial charge in [0.1, 0.15) is 12.4 Å². The van der Waals surface area contributed by atoms with Crippen LogP contribution in [0.25, 0.3) is 5.69 Å². The first kappa shape index (κ1) is 18.6. The van der Waals surface area contributed by atoms with Gasteiger partial charge in [-0.15, -0.1) is 0 Å². The number of nitrogens with zero attached hydrogens (tertiary/aromatic N) is 2. The summed E-state index contributed by atoms with van der Waals surface area (Å²) in [7, 11) is 0. The second-order valence-corrected chi connectivity index (χ2v) is 6.62. The predicted molar refractivity (Wildman–Crippen MR) is 110 cm³/mol. The fraction of sp³-hybridized carbons (Fsp3) is 0.130. The van der Waals surface area contributed by atoms with Gasteiger partial charge in [0, 0.05) is 5.56 Å². The van der Waals surface area contributed by atoms with Crippen LogP contribution < -0.4 is 10.1 Å². The summed E-state index contributed by atoms with van der Waals surface area (Å²) < 4.78 is 13.0. The minimum atomic E-state index is -0.333. The fourth-order valence-electron chi connectivity index (χ4n) is 3.14. The van der Waals surface area contributed by atoms with Crippen molar-refractivity contribution in [2.45, 2.75) is 20.5 Å². The third-order valence-corrected chi connectivity index (χ3v) is 4.62. The van der Waals surface area contributed by atoms with Crippen LogP contribution in [0.3, 0.4) is 0 Å². The molecule has 2 aromatic heterocycles. The number of furan rings is 1. The molecule has 29 heavy (non-hydrogen) atoms. The lowest BCUT2D eigenvalue weighted by Gasteiger charge is -2.08. The molecule has 0 atom stereocenters. The Labute approximate surface area is 168 Å². The Morgan fingerprint density at radius 3 is 2.45 bits per heavy atom. The van der Waals surface area contributed by atoms with Crippen molar-refractivity contribution in [1.82, 2.24) is 9.78 Å². The quantitative estimate of drug-likeness (QED) is 0.510. The number of nitrogens with one attached hydrogen (secondary N) is 1. The number of hydrogen-bond acceptors (Lipinski definition) is 4. The maximum absolute atomic E-state index is 12.9. The zero-order valence-electron chi connectivity index (χ0n) is 16.3. The van der Waals surface area contributed by atoms with Crippen LogP contribution in [-0.4, -0.2) is 15.7 Å². The number of anilines is 1. The molecule has 6 heteroatoms. The third kappa shape index (κ3) is 3.91. The second-order valence-electron chi connectivity index (χ2n) is 6.62. The van der Waals surface area contributed by atoms with Crippen LogP contribution in [0.1, 0.15) is 27.5 Å². The Morgan fingerprint density at radius 1 is 1.03 bits per heavy atom. The zero-order valence-corrected chi connectivity index (χ0v) is 16.3. The van der Waals surface area contributed by atoms with Crippen molar-refractivity contribution < 1.29 is 13.9 Å². The molecule has 1 amide bonds. The number of aryl methyl sites for hydroxylation is 1. The third-order valence-electron chi connectivity index (χ3n) is 4.62. The SMILES string of the molecule is Cc1nn(-c2ccccc2)c(C)c1NC(=O)c1occc1COc1ccccc1. The fourth-order valence-corrected chi connectivity index (χ4v) is 3.14.